The fraction of sp³-hybridized carbons (Fsp3) is 0.500. The lowest BCUT2D eigenvalue weighted by atomic mass is 9.91. The summed E-state index contributed by atoms with van der Waals surface area (Å²) < 4.78 is 0.837. The SMILES string of the molecule is Cc1ccc(C(=O)N[C@@H]2CCCC[C@H]2N)c(Br)c1. The van der Waals surface area contributed by atoms with Gasteiger partial charge < -0.3 is 11.1 Å². The van der Waals surface area contributed by atoms with Crippen molar-refractivity contribution in [2.24, 2.45) is 5.73 Å². The van der Waals surface area contributed by atoms with Crippen molar-refractivity contribution in [2.75, 3.05) is 0 Å². The Bertz CT molecular complexity index is 447. The van der Waals surface area contributed by atoms with Crippen molar-refractivity contribution in [3.8, 4) is 0 Å². The molecule has 0 aromatic heterocycles. The van der Waals surface area contributed by atoms with Crippen molar-refractivity contribution in [2.45, 2.75) is 44.7 Å². The zero-order valence-electron chi connectivity index (χ0n) is 10.6. The first-order valence-corrected chi connectivity index (χ1v) is 7.20. The van der Waals surface area contributed by atoms with E-state index < -0.39 is 0 Å². The number of benzene rings is 1. The first-order chi connectivity index (χ1) is 8.58. The molecule has 3 nitrogen and oxygen atoms in total. The lowest BCUT2D eigenvalue weighted by molar-refractivity contribution is 0.0920. The standard InChI is InChI=1S/C14H19BrN2O/c1-9-6-7-10(11(15)8-9)14(18)17-13-5-3-2-4-12(13)16/h6-8,12-13H,2-5,16H2,1H3,(H,17,18)/t12-,13-/m1/s1. The summed E-state index contributed by atoms with van der Waals surface area (Å²) in [5.41, 5.74) is 7.85. The van der Waals surface area contributed by atoms with Gasteiger partial charge >= 0.3 is 0 Å². The number of carbonyl (C=O) groups excluding carboxylic acids is 1. The minimum atomic E-state index is -0.0378. The number of rotatable bonds is 2. The molecule has 0 saturated heterocycles. The van der Waals surface area contributed by atoms with Gasteiger partial charge in [0.1, 0.15) is 0 Å². The number of hydrogen-bond acceptors (Lipinski definition) is 2. The molecule has 1 aromatic carbocycles. The molecular weight excluding hydrogens is 292 g/mol. The van der Waals surface area contributed by atoms with E-state index >= 15 is 0 Å². The van der Waals surface area contributed by atoms with Gasteiger partial charge in [-0.1, -0.05) is 18.9 Å². The Hall–Kier alpha value is -0.870. The molecule has 1 aliphatic carbocycles. The maximum absolute atomic E-state index is 12.2. The van der Waals surface area contributed by atoms with Crippen molar-refractivity contribution in [1.29, 1.82) is 0 Å². The van der Waals surface area contributed by atoms with Crippen LogP contribution in [0.15, 0.2) is 22.7 Å². The molecule has 0 bridgehead atoms. The number of aryl methyl sites for hydroxylation is 1. The van der Waals surface area contributed by atoms with Gasteiger partial charge in [-0.2, -0.15) is 0 Å². The van der Waals surface area contributed by atoms with Crippen LogP contribution in [0.2, 0.25) is 0 Å². The molecule has 1 saturated carbocycles. The minimum Gasteiger partial charge on any atom is -0.348 e. The van der Waals surface area contributed by atoms with Crippen LogP contribution in [0.4, 0.5) is 0 Å². The molecular formula is C14H19BrN2O. The molecule has 1 aliphatic rings. The van der Waals surface area contributed by atoms with Gasteiger partial charge in [0, 0.05) is 16.6 Å². The fourth-order valence-corrected chi connectivity index (χ4v) is 3.06. The fourth-order valence-electron chi connectivity index (χ4n) is 2.39. The zero-order valence-corrected chi connectivity index (χ0v) is 12.2. The molecule has 0 aliphatic heterocycles. The third-order valence-corrected chi connectivity index (χ3v) is 4.16. The maximum Gasteiger partial charge on any atom is 0.252 e. The highest BCUT2D eigenvalue weighted by molar-refractivity contribution is 9.10. The Labute approximate surface area is 116 Å². The Morgan fingerprint density at radius 1 is 1.39 bits per heavy atom. The maximum atomic E-state index is 12.2. The van der Waals surface area contributed by atoms with Gasteiger partial charge in [-0.3, -0.25) is 4.79 Å². The summed E-state index contributed by atoms with van der Waals surface area (Å²) in [7, 11) is 0. The third-order valence-electron chi connectivity index (χ3n) is 3.51. The van der Waals surface area contributed by atoms with E-state index in [1.807, 2.05) is 25.1 Å². The second kappa shape index (κ2) is 5.85. The number of hydrogen-bond donors (Lipinski definition) is 2. The van der Waals surface area contributed by atoms with Gasteiger partial charge in [0.25, 0.3) is 5.91 Å². The van der Waals surface area contributed by atoms with Crippen molar-refractivity contribution >= 4 is 21.8 Å². The molecule has 1 aromatic rings. The van der Waals surface area contributed by atoms with Gasteiger partial charge in [0.05, 0.1) is 5.56 Å². The van der Waals surface area contributed by atoms with Gasteiger partial charge in [-0.25, -0.2) is 0 Å². The summed E-state index contributed by atoms with van der Waals surface area (Å²) in [6.07, 6.45) is 4.30. The van der Waals surface area contributed by atoms with Gasteiger partial charge in [-0.05, 0) is 53.4 Å². The quantitative estimate of drug-likeness (QED) is 0.882. The summed E-state index contributed by atoms with van der Waals surface area (Å²) in [4.78, 5) is 12.2. The number of amides is 1. The van der Waals surface area contributed by atoms with Crippen LogP contribution < -0.4 is 11.1 Å². The predicted molar refractivity (Wildman–Crippen MR) is 76.6 cm³/mol. The largest absolute Gasteiger partial charge is 0.348 e. The summed E-state index contributed by atoms with van der Waals surface area (Å²) in [6.45, 7) is 2.00. The smallest absolute Gasteiger partial charge is 0.252 e. The first kappa shape index (κ1) is 13.6. The molecule has 2 atom stereocenters. The Morgan fingerprint density at radius 3 is 2.78 bits per heavy atom. The number of nitrogens with one attached hydrogen (secondary N) is 1. The highest BCUT2D eigenvalue weighted by atomic mass is 79.9. The Kier molecular flexibility index (Phi) is 4.40. The Morgan fingerprint density at radius 2 is 2.11 bits per heavy atom. The molecule has 1 amide bonds. The van der Waals surface area contributed by atoms with Crippen LogP contribution in [-0.4, -0.2) is 18.0 Å². The van der Waals surface area contributed by atoms with Crippen molar-refractivity contribution in [3.05, 3.63) is 33.8 Å². The van der Waals surface area contributed by atoms with E-state index in [9.17, 15) is 4.79 Å². The first-order valence-electron chi connectivity index (χ1n) is 6.40. The molecule has 3 N–H and O–H groups in total. The molecule has 18 heavy (non-hydrogen) atoms. The van der Waals surface area contributed by atoms with Crippen LogP contribution >= 0.6 is 15.9 Å². The second-order valence-corrected chi connectivity index (χ2v) is 5.87. The Balaban J connectivity index is 2.07. The number of carbonyl (C=O) groups is 1. The lowest BCUT2D eigenvalue weighted by Gasteiger charge is -2.29. The van der Waals surface area contributed by atoms with Crippen LogP contribution in [0.1, 0.15) is 41.6 Å². The average molecular weight is 311 g/mol. The summed E-state index contributed by atoms with van der Waals surface area (Å²) >= 11 is 3.44. The molecule has 0 radical (unpaired) electrons. The molecule has 0 heterocycles. The zero-order chi connectivity index (χ0) is 13.1. The highest BCUT2D eigenvalue weighted by Crippen LogP contribution is 2.21. The monoisotopic (exact) mass is 310 g/mol. The van der Waals surface area contributed by atoms with E-state index in [4.69, 9.17) is 5.73 Å². The number of halogens is 1. The number of nitrogens with two attached hydrogens (primary N) is 1. The van der Waals surface area contributed by atoms with E-state index in [0.717, 1.165) is 29.3 Å². The second-order valence-electron chi connectivity index (χ2n) is 5.01. The molecule has 1 fully saturated rings. The average Bonchev–Trinajstić information content (AvgIpc) is 2.32. The van der Waals surface area contributed by atoms with Crippen LogP contribution in [0.5, 0.6) is 0 Å². The highest BCUT2D eigenvalue weighted by Gasteiger charge is 2.24. The van der Waals surface area contributed by atoms with Crippen LogP contribution in [0.25, 0.3) is 0 Å². The van der Waals surface area contributed by atoms with Crippen LogP contribution in [0.3, 0.4) is 0 Å². The summed E-state index contributed by atoms with van der Waals surface area (Å²) in [5, 5.41) is 3.05. The minimum absolute atomic E-state index is 0.0378. The van der Waals surface area contributed by atoms with Gasteiger partial charge in [0.15, 0.2) is 0 Å². The summed E-state index contributed by atoms with van der Waals surface area (Å²) in [6, 6.07) is 5.95. The molecule has 0 spiro atoms. The van der Waals surface area contributed by atoms with Crippen LogP contribution in [-0.2, 0) is 0 Å². The van der Waals surface area contributed by atoms with Crippen molar-refractivity contribution in [3.63, 3.8) is 0 Å². The van der Waals surface area contributed by atoms with E-state index in [1.54, 1.807) is 0 Å². The normalized spacial score (nSPS) is 23.7. The molecule has 98 valence electrons. The third kappa shape index (κ3) is 3.12. The molecule has 4 heteroatoms. The molecule has 2 rings (SSSR count). The van der Waals surface area contributed by atoms with Crippen molar-refractivity contribution < 1.29 is 4.79 Å². The van der Waals surface area contributed by atoms with E-state index in [-0.39, 0.29) is 18.0 Å². The lowest BCUT2D eigenvalue weighted by Crippen LogP contribution is -2.49. The van der Waals surface area contributed by atoms with E-state index in [2.05, 4.69) is 21.2 Å². The van der Waals surface area contributed by atoms with Gasteiger partial charge in [0.2, 0.25) is 0 Å². The van der Waals surface area contributed by atoms with Crippen LogP contribution in [0, 0.1) is 6.92 Å². The molecule has 0 unspecified atom stereocenters. The van der Waals surface area contributed by atoms with Crippen molar-refractivity contribution in [1.82, 2.24) is 5.32 Å². The predicted octanol–water partition coefficient (Wildman–Crippen LogP) is 2.76. The van der Waals surface area contributed by atoms with Gasteiger partial charge in [-0.15, -0.1) is 0 Å². The summed E-state index contributed by atoms with van der Waals surface area (Å²) in [5.74, 6) is -0.0378. The topological polar surface area (TPSA) is 55.1 Å². The van der Waals surface area contributed by atoms with E-state index in [1.165, 1.54) is 6.42 Å². The van der Waals surface area contributed by atoms with E-state index in [0.29, 0.717) is 5.56 Å².